The molecular weight excluding hydrogens is 589 g/mol. The molecule has 228 valence electrons. The van der Waals surface area contributed by atoms with Crippen LogP contribution in [-0.4, -0.2) is 0 Å². The summed E-state index contributed by atoms with van der Waals surface area (Å²) in [6, 6.07) is 71.8. The van der Waals surface area contributed by atoms with Gasteiger partial charge < -0.3 is 0 Å². The Morgan fingerprint density at radius 3 is 1.35 bits per heavy atom. The van der Waals surface area contributed by atoms with Crippen molar-refractivity contribution in [1.82, 2.24) is 0 Å². The van der Waals surface area contributed by atoms with Gasteiger partial charge in [0.25, 0.3) is 0 Å². The van der Waals surface area contributed by atoms with Gasteiger partial charge in [-0.25, -0.2) is 0 Å². The van der Waals surface area contributed by atoms with E-state index in [0.29, 0.717) is 0 Å². The Balaban J connectivity index is 1.45. The van der Waals surface area contributed by atoms with Crippen LogP contribution in [0.25, 0.3) is 65.7 Å². The summed E-state index contributed by atoms with van der Waals surface area (Å²) in [6.45, 7) is 0. The monoisotopic (exact) mass is 620 g/mol. The number of rotatable bonds is 4. The third kappa shape index (κ3) is 3.92. The van der Waals surface area contributed by atoms with E-state index in [9.17, 15) is 0 Å². The maximum absolute atomic E-state index is 2.47. The van der Waals surface area contributed by atoms with Gasteiger partial charge in [0.05, 0.1) is 5.41 Å². The third-order valence-corrected chi connectivity index (χ3v) is 10.7. The molecule has 0 amide bonds. The van der Waals surface area contributed by atoms with Gasteiger partial charge in [0.2, 0.25) is 0 Å². The Hall–Kier alpha value is -6.24. The molecule has 0 atom stereocenters. The molecule has 0 aliphatic heterocycles. The van der Waals surface area contributed by atoms with Crippen molar-refractivity contribution in [3.63, 3.8) is 0 Å². The molecular formula is C49H32. The molecule has 9 aromatic rings. The molecule has 0 aromatic heterocycles. The van der Waals surface area contributed by atoms with E-state index in [1.165, 1.54) is 88.0 Å². The van der Waals surface area contributed by atoms with Gasteiger partial charge in [0.1, 0.15) is 0 Å². The predicted molar refractivity (Wildman–Crippen MR) is 207 cm³/mol. The molecule has 0 N–H and O–H groups in total. The maximum atomic E-state index is 2.47. The fraction of sp³-hybridized carbons (Fsp3) is 0.0204. The first-order valence-corrected chi connectivity index (χ1v) is 17.1. The van der Waals surface area contributed by atoms with Crippen molar-refractivity contribution in [3.05, 3.63) is 216 Å². The van der Waals surface area contributed by atoms with Gasteiger partial charge in [0, 0.05) is 0 Å². The van der Waals surface area contributed by atoms with Gasteiger partial charge in [-0.1, -0.05) is 188 Å². The minimum absolute atomic E-state index is 0.500. The van der Waals surface area contributed by atoms with E-state index in [0.717, 1.165) is 0 Å². The SMILES string of the molecule is c1ccc(-c2c3ccccc3c(-c3cc4ccccc4c4c3-c3ccccc3C4(c3ccccc3)c3ccccc3)c3ccccc23)cc1. The van der Waals surface area contributed by atoms with Crippen LogP contribution in [0.15, 0.2) is 194 Å². The van der Waals surface area contributed by atoms with E-state index < -0.39 is 5.41 Å². The van der Waals surface area contributed by atoms with Crippen LogP contribution < -0.4 is 0 Å². The highest BCUT2D eigenvalue weighted by Gasteiger charge is 2.48. The first-order chi connectivity index (χ1) is 24.4. The molecule has 0 spiro atoms. The molecule has 0 heterocycles. The zero-order valence-corrected chi connectivity index (χ0v) is 27.0. The molecule has 9 aromatic carbocycles. The van der Waals surface area contributed by atoms with Crippen LogP contribution in [0.4, 0.5) is 0 Å². The van der Waals surface area contributed by atoms with Crippen molar-refractivity contribution in [1.29, 1.82) is 0 Å². The third-order valence-electron chi connectivity index (χ3n) is 10.7. The molecule has 1 aliphatic rings. The van der Waals surface area contributed by atoms with Crippen LogP contribution in [0.5, 0.6) is 0 Å². The van der Waals surface area contributed by atoms with Gasteiger partial charge in [-0.05, 0) is 94.0 Å². The summed E-state index contributed by atoms with van der Waals surface area (Å²) in [4.78, 5) is 0. The molecule has 10 rings (SSSR count). The lowest BCUT2D eigenvalue weighted by atomic mass is 9.66. The van der Waals surface area contributed by atoms with Crippen molar-refractivity contribution in [2.75, 3.05) is 0 Å². The highest BCUT2D eigenvalue weighted by atomic mass is 14.5. The second-order valence-corrected chi connectivity index (χ2v) is 13.1. The molecule has 0 unspecified atom stereocenters. The Morgan fingerprint density at radius 1 is 0.306 bits per heavy atom. The van der Waals surface area contributed by atoms with Crippen LogP contribution in [0.1, 0.15) is 22.3 Å². The summed E-state index contributed by atoms with van der Waals surface area (Å²) in [5.74, 6) is 0. The molecule has 0 bridgehead atoms. The lowest BCUT2D eigenvalue weighted by Crippen LogP contribution is -2.28. The first kappa shape index (κ1) is 27.8. The molecule has 0 saturated carbocycles. The quantitative estimate of drug-likeness (QED) is 0.172. The van der Waals surface area contributed by atoms with Crippen molar-refractivity contribution in [2.45, 2.75) is 5.41 Å². The van der Waals surface area contributed by atoms with Crippen LogP contribution in [-0.2, 0) is 5.41 Å². The highest BCUT2D eigenvalue weighted by molar-refractivity contribution is 6.24. The second kappa shape index (κ2) is 10.9. The highest BCUT2D eigenvalue weighted by Crippen LogP contribution is 2.61. The number of benzene rings is 9. The second-order valence-electron chi connectivity index (χ2n) is 13.1. The lowest BCUT2D eigenvalue weighted by Gasteiger charge is -2.35. The van der Waals surface area contributed by atoms with Crippen molar-refractivity contribution >= 4 is 32.3 Å². The average Bonchev–Trinajstić information content (AvgIpc) is 3.50. The standard InChI is InChI=1S/C49H32/c1-4-18-33(19-5-1)45-38-26-12-14-28-40(38)46(41-29-15-13-27-39(41)45)43-32-34-20-10-11-25-37(34)48-47(43)42-30-16-17-31-44(42)49(48,35-21-6-2-7-22-35)36-23-8-3-9-24-36/h1-32H. The van der Waals surface area contributed by atoms with E-state index in [-0.39, 0.29) is 0 Å². The van der Waals surface area contributed by atoms with Crippen LogP contribution in [0, 0.1) is 0 Å². The molecule has 0 heteroatoms. The predicted octanol–water partition coefficient (Wildman–Crippen LogP) is 12.8. The zero-order valence-electron chi connectivity index (χ0n) is 27.0. The van der Waals surface area contributed by atoms with Crippen molar-refractivity contribution in [2.24, 2.45) is 0 Å². The summed E-state index contributed by atoms with van der Waals surface area (Å²) < 4.78 is 0. The fourth-order valence-electron chi connectivity index (χ4n) is 8.85. The van der Waals surface area contributed by atoms with Crippen LogP contribution in [0.3, 0.4) is 0 Å². The molecule has 1 aliphatic carbocycles. The number of hydrogen-bond donors (Lipinski definition) is 0. The summed E-state index contributed by atoms with van der Waals surface area (Å²) >= 11 is 0. The van der Waals surface area contributed by atoms with Crippen LogP contribution in [0.2, 0.25) is 0 Å². The van der Waals surface area contributed by atoms with E-state index in [1.54, 1.807) is 0 Å². The Bertz CT molecular complexity index is 2590. The fourth-order valence-corrected chi connectivity index (χ4v) is 8.85. The van der Waals surface area contributed by atoms with Gasteiger partial charge in [-0.2, -0.15) is 0 Å². The number of hydrogen-bond acceptors (Lipinski definition) is 0. The number of fused-ring (bicyclic) bond motifs is 7. The molecule has 49 heavy (non-hydrogen) atoms. The minimum atomic E-state index is -0.500. The largest absolute Gasteiger partial charge is 0.0719 e. The van der Waals surface area contributed by atoms with E-state index >= 15 is 0 Å². The smallest absolute Gasteiger partial charge is 0.0622 e. The zero-order chi connectivity index (χ0) is 32.4. The van der Waals surface area contributed by atoms with E-state index in [1.807, 2.05) is 0 Å². The Morgan fingerprint density at radius 2 is 0.755 bits per heavy atom. The van der Waals surface area contributed by atoms with E-state index in [2.05, 4.69) is 194 Å². The average molecular weight is 621 g/mol. The Labute approximate surface area is 286 Å². The topological polar surface area (TPSA) is 0 Å². The molecule has 0 nitrogen and oxygen atoms in total. The van der Waals surface area contributed by atoms with Crippen molar-refractivity contribution in [3.8, 4) is 33.4 Å². The summed E-state index contributed by atoms with van der Waals surface area (Å²) in [6.07, 6.45) is 0. The van der Waals surface area contributed by atoms with Crippen molar-refractivity contribution < 1.29 is 0 Å². The first-order valence-electron chi connectivity index (χ1n) is 17.1. The summed E-state index contributed by atoms with van der Waals surface area (Å²) in [7, 11) is 0. The maximum Gasteiger partial charge on any atom is 0.0719 e. The molecule has 0 radical (unpaired) electrons. The minimum Gasteiger partial charge on any atom is -0.0622 e. The summed E-state index contributed by atoms with van der Waals surface area (Å²) in [5.41, 5.74) is 12.5. The van der Waals surface area contributed by atoms with Gasteiger partial charge in [-0.3, -0.25) is 0 Å². The van der Waals surface area contributed by atoms with Gasteiger partial charge >= 0.3 is 0 Å². The normalized spacial score (nSPS) is 13.1. The molecule has 0 fully saturated rings. The van der Waals surface area contributed by atoms with Crippen LogP contribution >= 0.6 is 0 Å². The van der Waals surface area contributed by atoms with Gasteiger partial charge in [0.15, 0.2) is 0 Å². The summed E-state index contributed by atoms with van der Waals surface area (Å²) in [5, 5.41) is 7.63. The lowest BCUT2D eigenvalue weighted by molar-refractivity contribution is 0.775. The van der Waals surface area contributed by atoms with Gasteiger partial charge in [-0.15, -0.1) is 0 Å². The van der Waals surface area contributed by atoms with E-state index in [4.69, 9.17) is 0 Å². The molecule has 0 saturated heterocycles. The Kier molecular flexibility index (Phi) is 6.19.